The molecule has 3 aromatic rings. The molecule has 0 saturated carbocycles. The van der Waals surface area contributed by atoms with Crippen molar-refractivity contribution < 1.29 is 17.9 Å². The maximum Gasteiger partial charge on any atom is 0.273 e. The number of rotatable bonds is 6. The molecule has 0 atom stereocenters. The van der Waals surface area contributed by atoms with Gasteiger partial charge in [-0.25, -0.2) is 13.4 Å². The third-order valence-corrected chi connectivity index (χ3v) is 8.28. The van der Waals surface area contributed by atoms with Crippen LogP contribution in [0.4, 0.5) is 0 Å². The Morgan fingerprint density at radius 3 is 2.34 bits per heavy atom. The molecule has 1 aromatic heterocycles. The normalized spacial score (nSPS) is 15.0. The first-order chi connectivity index (χ1) is 15.4. The summed E-state index contributed by atoms with van der Waals surface area (Å²) in [7, 11) is -1.99. The zero-order chi connectivity index (χ0) is 22.7. The first-order valence-electron chi connectivity index (χ1n) is 9.99. The quantitative estimate of drug-likeness (QED) is 0.527. The van der Waals surface area contributed by atoms with Crippen molar-refractivity contribution in [1.29, 1.82) is 0 Å². The molecule has 0 bridgehead atoms. The molecule has 1 saturated heterocycles. The van der Waals surface area contributed by atoms with E-state index in [1.165, 1.54) is 27.8 Å². The van der Waals surface area contributed by atoms with Crippen LogP contribution in [0.2, 0.25) is 5.02 Å². The van der Waals surface area contributed by atoms with E-state index in [1.54, 1.807) is 29.5 Å². The van der Waals surface area contributed by atoms with Crippen molar-refractivity contribution in [2.75, 3.05) is 33.3 Å². The average molecular weight is 492 g/mol. The molecular weight excluding hydrogens is 470 g/mol. The number of hydrogen-bond donors (Lipinski definition) is 0. The van der Waals surface area contributed by atoms with Gasteiger partial charge >= 0.3 is 0 Å². The van der Waals surface area contributed by atoms with Crippen molar-refractivity contribution in [3.63, 3.8) is 0 Å². The number of thiazole rings is 1. The van der Waals surface area contributed by atoms with Crippen LogP contribution in [0, 0.1) is 0 Å². The van der Waals surface area contributed by atoms with E-state index in [0.717, 1.165) is 16.3 Å². The molecular formula is C22H22ClN3O4S2. The second-order valence-corrected chi connectivity index (χ2v) is 10.6. The zero-order valence-electron chi connectivity index (χ0n) is 17.4. The van der Waals surface area contributed by atoms with Crippen molar-refractivity contribution in [3.8, 4) is 5.75 Å². The van der Waals surface area contributed by atoms with E-state index < -0.39 is 10.0 Å². The lowest BCUT2D eigenvalue weighted by molar-refractivity contribution is 0.0692. The first kappa shape index (κ1) is 22.7. The second kappa shape index (κ2) is 9.58. The summed E-state index contributed by atoms with van der Waals surface area (Å²) in [5.74, 6) is 0.617. The van der Waals surface area contributed by atoms with Gasteiger partial charge < -0.3 is 9.64 Å². The molecule has 2 aromatic carbocycles. The highest BCUT2D eigenvalue weighted by Crippen LogP contribution is 2.22. The number of ether oxygens (including phenoxy) is 1. The van der Waals surface area contributed by atoms with Gasteiger partial charge in [0, 0.05) is 43.0 Å². The maximum absolute atomic E-state index is 12.9. The number of methoxy groups -OCH3 is 1. The van der Waals surface area contributed by atoms with Gasteiger partial charge in [0.2, 0.25) is 10.0 Å². The molecule has 1 fully saturated rings. The third-order valence-electron chi connectivity index (χ3n) is 5.26. The zero-order valence-corrected chi connectivity index (χ0v) is 19.8. The predicted molar refractivity (Wildman–Crippen MR) is 124 cm³/mol. The smallest absolute Gasteiger partial charge is 0.273 e. The van der Waals surface area contributed by atoms with Crippen LogP contribution in [0.1, 0.15) is 21.1 Å². The van der Waals surface area contributed by atoms with Gasteiger partial charge in [-0.3, -0.25) is 4.79 Å². The fourth-order valence-corrected chi connectivity index (χ4v) is 5.81. The van der Waals surface area contributed by atoms with Crippen LogP contribution in [0.25, 0.3) is 0 Å². The highest BCUT2D eigenvalue weighted by Gasteiger charge is 2.31. The molecule has 4 rings (SSSR count). The van der Waals surface area contributed by atoms with Crippen LogP contribution < -0.4 is 4.74 Å². The predicted octanol–water partition coefficient (Wildman–Crippen LogP) is 3.54. The summed E-state index contributed by atoms with van der Waals surface area (Å²) in [6, 6.07) is 13.8. The molecule has 1 aliphatic heterocycles. The minimum absolute atomic E-state index is 0.175. The fraction of sp³-hybridized carbons (Fsp3) is 0.273. The van der Waals surface area contributed by atoms with Crippen molar-refractivity contribution >= 4 is 38.9 Å². The van der Waals surface area contributed by atoms with Gasteiger partial charge in [-0.05, 0) is 42.0 Å². The summed E-state index contributed by atoms with van der Waals surface area (Å²) < 4.78 is 32.2. The maximum atomic E-state index is 12.9. The number of carbonyl (C=O) groups is 1. The van der Waals surface area contributed by atoms with Crippen LogP contribution in [-0.4, -0.2) is 61.8 Å². The van der Waals surface area contributed by atoms with Crippen molar-refractivity contribution in [2.45, 2.75) is 11.3 Å². The van der Waals surface area contributed by atoms with Crippen LogP contribution >= 0.6 is 22.9 Å². The van der Waals surface area contributed by atoms with Crippen molar-refractivity contribution in [2.24, 2.45) is 0 Å². The Morgan fingerprint density at radius 1 is 1.06 bits per heavy atom. The first-order valence-corrected chi connectivity index (χ1v) is 12.7. The van der Waals surface area contributed by atoms with E-state index in [9.17, 15) is 13.2 Å². The molecule has 0 N–H and O–H groups in total. The lowest BCUT2D eigenvalue weighted by atomic mass is 10.1. The van der Waals surface area contributed by atoms with E-state index in [-0.39, 0.29) is 23.9 Å². The molecule has 2 heterocycles. The second-order valence-electron chi connectivity index (χ2n) is 7.30. The third kappa shape index (κ3) is 4.96. The number of sulfonamides is 1. The lowest BCUT2D eigenvalue weighted by Crippen LogP contribution is -2.50. The fourth-order valence-electron chi connectivity index (χ4n) is 3.46. The van der Waals surface area contributed by atoms with Crippen molar-refractivity contribution in [3.05, 3.63) is 75.2 Å². The Bertz CT molecular complexity index is 1190. The summed E-state index contributed by atoms with van der Waals surface area (Å²) in [5, 5.41) is 3.09. The largest absolute Gasteiger partial charge is 0.497 e. The minimum Gasteiger partial charge on any atom is -0.497 e. The van der Waals surface area contributed by atoms with Gasteiger partial charge in [-0.2, -0.15) is 4.31 Å². The summed E-state index contributed by atoms with van der Waals surface area (Å²) in [5.41, 5.74) is 1.48. The van der Waals surface area contributed by atoms with E-state index in [4.69, 9.17) is 16.3 Å². The highest BCUT2D eigenvalue weighted by atomic mass is 35.5. The number of aromatic nitrogens is 1. The number of carbonyl (C=O) groups excluding carboxylic acids is 1. The Hall–Kier alpha value is -2.46. The summed E-state index contributed by atoms with van der Waals surface area (Å²) in [6.45, 7) is 1.10. The van der Waals surface area contributed by atoms with Gasteiger partial charge in [-0.1, -0.05) is 23.7 Å². The van der Waals surface area contributed by atoms with Gasteiger partial charge in [0.15, 0.2) is 0 Å². The SMILES string of the molecule is COc1ccc(Cc2nc(C(=O)N3CCN(S(=O)(=O)c4ccc(Cl)cc4)CC3)cs2)cc1. The van der Waals surface area contributed by atoms with E-state index in [2.05, 4.69) is 4.98 Å². The number of amides is 1. The Morgan fingerprint density at radius 2 is 1.72 bits per heavy atom. The molecule has 10 heteroatoms. The van der Waals surface area contributed by atoms with Crippen LogP contribution in [-0.2, 0) is 16.4 Å². The topological polar surface area (TPSA) is 79.8 Å². The number of halogens is 1. The van der Waals surface area contributed by atoms with Crippen LogP contribution in [0.15, 0.2) is 58.8 Å². The molecule has 0 aliphatic carbocycles. The number of nitrogens with zero attached hydrogens (tertiary/aromatic N) is 3. The van der Waals surface area contributed by atoms with Crippen LogP contribution in [0.3, 0.4) is 0 Å². The summed E-state index contributed by atoms with van der Waals surface area (Å²) in [6.07, 6.45) is 0.634. The number of piperazine rings is 1. The molecule has 7 nitrogen and oxygen atoms in total. The van der Waals surface area contributed by atoms with E-state index >= 15 is 0 Å². The molecule has 168 valence electrons. The van der Waals surface area contributed by atoms with Crippen molar-refractivity contribution in [1.82, 2.24) is 14.2 Å². The lowest BCUT2D eigenvalue weighted by Gasteiger charge is -2.33. The highest BCUT2D eigenvalue weighted by molar-refractivity contribution is 7.89. The molecule has 1 amide bonds. The monoisotopic (exact) mass is 491 g/mol. The van der Waals surface area contributed by atoms with Gasteiger partial charge in [-0.15, -0.1) is 11.3 Å². The molecule has 32 heavy (non-hydrogen) atoms. The Labute approximate surface area is 196 Å². The minimum atomic E-state index is -3.61. The Kier molecular flexibility index (Phi) is 6.80. The van der Waals surface area contributed by atoms with E-state index in [1.807, 2.05) is 24.3 Å². The van der Waals surface area contributed by atoms with Gasteiger partial charge in [0.25, 0.3) is 5.91 Å². The summed E-state index contributed by atoms with van der Waals surface area (Å²) in [4.78, 5) is 19.2. The molecule has 0 radical (unpaired) electrons. The number of benzene rings is 2. The average Bonchev–Trinajstić information content (AvgIpc) is 3.28. The van der Waals surface area contributed by atoms with Crippen LogP contribution in [0.5, 0.6) is 5.75 Å². The molecule has 0 unspecified atom stereocenters. The van der Waals surface area contributed by atoms with Gasteiger partial charge in [0.1, 0.15) is 11.4 Å². The van der Waals surface area contributed by atoms with Gasteiger partial charge in [0.05, 0.1) is 17.0 Å². The standard InChI is InChI=1S/C22H22ClN3O4S2/c1-30-18-6-2-16(3-7-18)14-21-24-20(15-31-21)22(27)25-10-12-26(13-11-25)32(28,29)19-8-4-17(23)5-9-19/h2-9,15H,10-14H2,1H3. The summed E-state index contributed by atoms with van der Waals surface area (Å²) >= 11 is 7.30. The number of hydrogen-bond acceptors (Lipinski definition) is 6. The molecule has 1 aliphatic rings. The molecule has 0 spiro atoms. The Balaban J connectivity index is 1.36. The van der Waals surface area contributed by atoms with E-state index in [0.29, 0.717) is 30.2 Å².